The largest absolute Gasteiger partial charge is 0.508 e. The van der Waals surface area contributed by atoms with E-state index in [1.54, 1.807) is 18.2 Å². The number of carbonyl (C=O) groups is 4. The molecular formula is C25H15NO10. The van der Waals surface area contributed by atoms with Crippen LogP contribution in [0.4, 0.5) is 0 Å². The summed E-state index contributed by atoms with van der Waals surface area (Å²) in [5, 5.41) is 40.5. The van der Waals surface area contributed by atoms with Crippen LogP contribution in [0.15, 0.2) is 48.5 Å². The van der Waals surface area contributed by atoms with Gasteiger partial charge in [-0.15, -0.1) is 0 Å². The molecule has 180 valence electrons. The number of carboxylic acids is 1. The monoisotopic (exact) mass is 489 g/mol. The molecule has 1 fully saturated rings. The van der Waals surface area contributed by atoms with Crippen molar-refractivity contribution < 1.29 is 49.2 Å². The van der Waals surface area contributed by atoms with Crippen LogP contribution < -0.4 is 4.74 Å². The Hall–Kier alpha value is -4.90. The molecule has 2 unspecified atom stereocenters. The Balaban J connectivity index is 1.75. The highest BCUT2D eigenvalue weighted by Crippen LogP contribution is 2.60. The van der Waals surface area contributed by atoms with E-state index in [-0.39, 0.29) is 38.8 Å². The fourth-order valence-electron chi connectivity index (χ4n) is 5.23. The molecule has 2 amide bonds. The summed E-state index contributed by atoms with van der Waals surface area (Å²) in [5.74, 6) is -6.83. The molecule has 3 aromatic rings. The zero-order valence-corrected chi connectivity index (χ0v) is 18.1. The van der Waals surface area contributed by atoms with Crippen LogP contribution in [0.1, 0.15) is 55.3 Å². The smallest absolute Gasteiger partial charge is 0.343 e. The number of hydrogen-bond acceptors (Lipinski definition) is 9. The minimum absolute atomic E-state index is 0.0133. The van der Waals surface area contributed by atoms with Crippen molar-refractivity contribution in [1.82, 2.24) is 5.06 Å². The minimum atomic E-state index is -1.86. The SMILES string of the molecule is O=C1OC2(c3ccccc31)c1ccc(O)c(C(=O)O)c1Oc1cc(O)cc(C3CC(=O)N(O)C3=O)c12. The summed E-state index contributed by atoms with van der Waals surface area (Å²) in [5.41, 5.74) is -1.83. The van der Waals surface area contributed by atoms with Gasteiger partial charge >= 0.3 is 11.9 Å². The molecule has 3 heterocycles. The number of hydroxylamine groups is 2. The predicted molar refractivity (Wildman–Crippen MR) is 116 cm³/mol. The molecule has 3 aliphatic heterocycles. The zero-order chi connectivity index (χ0) is 25.5. The van der Waals surface area contributed by atoms with Gasteiger partial charge in [0.15, 0.2) is 11.4 Å². The average molecular weight is 489 g/mol. The van der Waals surface area contributed by atoms with Gasteiger partial charge in [-0.25, -0.2) is 9.59 Å². The van der Waals surface area contributed by atoms with E-state index < -0.39 is 58.8 Å². The first-order chi connectivity index (χ1) is 17.1. The Kier molecular flexibility index (Phi) is 4.24. The number of nitrogens with zero attached hydrogens (tertiary/aromatic N) is 1. The molecule has 3 aliphatic rings. The fourth-order valence-corrected chi connectivity index (χ4v) is 5.23. The van der Waals surface area contributed by atoms with Crippen molar-refractivity contribution in [2.45, 2.75) is 17.9 Å². The summed E-state index contributed by atoms with van der Waals surface area (Å²) in [4.78, 5) is 50.0. The second kappa shape index (κ2) is 7.06. The number of carbonyl (C=O) groups excluding carboxylic acids is 3. The van der Waals surface area contributed by atoms with Crippen LogP contribution in [-0.4, -0.2) is 49.3 Å². The number of carboxylic acid groups (broad SMARTS) is 1. The van der Waals surface area contributed by atoms with Crippen LogP contribution in [-0.2, 0) is 19.9 Å². The standard InChI is InChI=1S/C25H15NO10/c27-10-7-12(13-9-18(29)26(34)22(13)30)20-17(8-10)35-21-15(5-6-16(28)19(21)23(31)32)25(20)14-4-2-1-3-11(14)24(33)36-25/h1-8,13,27-28,34H,9H2,(H,31,32). The van der Waals surface area contributed by atoms with Gasteiger partial charge in [0.05, 0.1) is 17.0 Å². The van der Waals surface area contributed by atoms with Crippen molar-refractivity contribution in [3.8, 4) is 23.0 Å². The summed E-state index contributed by atoms with van der Waals surface area (Å²) in [6.45, 7) is 0. The number of esters is 1. The molecule has 0 aliphatic carbocycles. The maximum atomic E-state index is 13.1. The Morgan fingerprint density at radius 2 is 1.78 bits per heavy atom. The number of ether oxygens (including phenoxy) is 2. The van der Waals surface area contributed by atoms with Gasteiger partial charge in [-0.1, -0.05) is 18.2 Å². The van der Waals surface area contributed by atoms with Crippen LogP contribution in [0.3, 0.4) is 0 Å². The van der Waals surface area contributed by atoms with Crippen molar-refractivity contribution >= 4 is 23.8 Å². The first-order valence-electron chi connectivity index (χ1n) is 10.7. The highest BCUT2D eigenvalue weighted by molar-refractivity contribution is 6.06. The van der Waals surface area contributed by atoms with Crippen LogP contribution in [0.25, 0.3) is 0 Å². The number of imide groups is 1. The number of rotatable bonds is 2. The van der Waals surface area contributed by atoms with Gasteiger partial charge in [-0.05, 0) is 29.8 Å². The summed E-state index contributed by atoms with van der Waals surface area (Å²) in [6, 6.07) is 11.2. The number of benzene rings is 3. The van der Waals surface area contributed by atoms with E-state index >= 15 is 0 Å². The van der Waals surface area contributed by atoms with Gasteiger partial charge in [0.25, 0.3) is 11.8 Å². The molecule has 0 radical (unpaired) electrons. The molecule has 11 nitrogen and oxygen atoms in total. The highest BCUT2D eigenvalue weighted by Gasteiger charge is 2.57. The number of hydrogen-bond donors (Lipinski definition) is 4. The molecule has 1 saturated heterocycles. The summed E-state index contributed by atoms with van der Waals surface area (Å²) in [6.07, 6.45) is -0.431. The Labute approximate surface area is 201 Å². The number of aromatic carboxylic acids is 1. The molecule has 4 N–H and O–H groups in total. The van der Waals surface area contributed by atoms with Gasteiger partial charge in [0.1, 0.15) is 22.8 Å². The average Bonchev–Trinajstić information content (AvgIpc) is 3.26. The lowest BCUT2D eigenvalue weighted by Gasteiger charge is -2.39. The van der Waals surface area contributed by atoms with E-state index in [4.69, 9.17) is 9.47 Å². The molecule has 0 bridgehead atoms. The summed E-state index contributed by atoms with van der Waals surface area (Å²) in [7, 11) is 0. The molecule has 3 aromatic carbocycles. The van der Waals surface area contributed by atoms with E-state index in [0.717, 1.165) is 12.1 Å². The maximum absolute atomic E-state index is 13.1. The molecule has 2 atom stereocenters. The van der Waals surface area contributed by atoms with E-state index in [0.29, 0.717) is 5.56 Å². The first-order valence-corrected chi connectivity index (χ1v) is 10.7. The topological polar surface area (TPSA) is 171 Å². The van der Waals surface area contributed by atoms with Crippen LogP contribution in [0, 0.1) is 0 Å². The number of amides is 2. The molecule has 0 saturated carbocycles. The van der Waals surface area contributed by atoms with Gasteiger partial charge in [-0.3, -0.25) is 14.8 Å². The normalized spacial score (nSPS) is 21.6. The molecular weight excluding hydrogens is 474 g/mol. The summed E-state index contributed by atoms with van der Waals surface area (Å²) >= 11 is 0. The quantitative estimate of drug-likeness (QED) is 0.238. The van der Waals surface area contributed by atoms with Crippen LogP contribution in [0.2, 0.25) is 0 Å². The third-order valence-electron chi connectivity index (χ3n) is 6.68. The Morgan fingerprint density at radius 1 is 1.03 bits per heavy atom. The van der Waals surface area contributed by atoms with Gasteiger partial charge < -0.3 is 24.8 Å². The minimum Gasteiger partial charge on any atom is -0.508 e. The Morgan fingerprint density at radius 3 is 2.47 bits per heavy atom. The lowest BCUT2D eigenvalue weighted by Crippen LogP contribution is -2.36. The maximum Gasteiger partial charge on any atom is 0.343 e. The van der Waals surface area contributed by atoms with Crippen molar-refractivity contribution in [3.63, 3.8) is 0 Å². The number of phenolic OH excluding ortho intramolecular Hbond substituents is 1. The van der Waals surface area contributed by atoms with E-state index in [1.807, 2.05) is 0 Å². The van der Waals surface area contributed by atoms with Gasteiger partial charge in [-0.2, -0.15) is 5.06 Å². The molecule has 11 heteroatoms. The lowest BCUT2D eigenvalue weighted by atomic mass is 9.73. The predicted octanol–water partition coefficient (Wildman–Crippen LogP) is 2.60. The number of phenols is 2. The number of aromatic hydroxyl groups is 2. The van der Waals surface area contributed by atoms with E-state index in [2.05, 4.69) is 0 Å². The molecule has 0 aromatic heterocycles. The van der Waals surface area contributed by atoms with Crippen molar-refractivity contribution in [2.24, 2.45) is 0 Å². The second-order valence-electron chi connectivity index (χ2n) is 8.57. The van der Waals surface area contributed by atoms with Gasteiger partial charge in [0.2, 0.25) is 0 Å². The lowest BCUT2D eigenvalue weighted by molar-refractivity contribution is -0.171. The molecule has 36 heavy (non-hydrogen) atoms. The van der Waals surface area contributed by atoms with Crippen molar-refractivity contribution in [1.29, 1.82) is 0 Å². The zero-order valence-electron chi connectivity index (χ0n) is 18.1. The third-order valence-corrected chi connectivity index (χ3v) is 6.68. The second-order valence-corrected chi connectivity index (χ2v) is 8.57. The third kappa shape index (κ3) is 2.59. The summed E-state index contributed by atoms with van der Waals surface area (Å²) < 4.78 is 11.9. The van der Waals surface area contributed by atoms with Crippen molar-refractivity contribution in [2.75, 3.05) is 0 Å². The fraction of sp³-hybridized carbons (Fsp3) is 0.120. The Bertz CT molecular complexity index is 1560. The van der Waals surface area contributed by atoms with E-state index in [9.17, 15) is 39.7 Å². The number of fused-ring (bicyclic) bond motifs is 6. The van der Waals surface area contributed by atoms with E-state index in [1.165, 1.54) is 18.2 Å². The first kappa shape index (κ1) is 21.6. The highest BCUT2D eigenvalue weighted by atomic mass is 16.6. The van der Waals surface area contributed by atoms with Crippen LogP contribution >= 0.6 is 0 Å². The molecule has 1 spiro atoms. The van der Waals surface area contributed by atoms with Crippen LogP contribution in [0.5, 0.6) is 23.0 Å². The van der Waals surface area contributed by atoms with Gasteiger partial charge in [0, 0.05) is 23.6 Å². The molecule has 6 rings (SSSR count). The van der Waals surface area contributed by atoms with Crippen molar-refractivity contribution in [3.05, 3.63) is 81.9 Å².